The van der Waals surface area contributed by atoms with Crippen LogP contribution in [0.4, 0.5) is 11.4 Å². The van der Waals surface area contributed by atoms with Crippen LogP contribution in [0, 0.1) is 23.7 Å². The maximum absolute atomic E-state index is 13.9. The molecule has 2 saturated carbocycles. The number of para-hydroxylation sites is 2. The van der Waals surface area contributed by atoms with E-state index < -0.39 is 35.6 Å². The number of rotatable bonds is 9. The number of nitrogens with zero attached hydrogens (tertiary/aromatic N) is 2. The molecule has 2 amide bonds. The van der Waals surface area contributed by atoms with Crippen molar-refractivity contribution in [1.29, 1.82) is 0 Å². The number of amides is 2. The Hall–Kier alpha value is -3.68. The molecule has 4 atom stereocenters. The first kappa shape index (κ1) is 27.4. The lowest BCUT2D eigenvalue weighted by molar-refractivity contribution is -0.148. The van der Waals surface area contributed by atoms with Gasteiger partial charge in [0.2, 0.25) is 11.8 Å². The van der Waals surface area contributed by atoms with Crippen LogP contribution in [0.1, 0.15) is 51.4 Å². The molecule has 0 radical (unpaired) electrons. The Morgan fingerprint density at radius 3 is 1.18 bits per heavy atom. The minimum absolute atomic E-state index is 0.163. The number of carboxylic acid groups (broad SMARTS) is 2. The van der Waals surface area contributed by atoms with Crippen molar-refractivity contribution in [2.24, 2.45) is 23.7 Å². The molecule has 2 aromatic carbocycles. The minimum Gasteiger partial charge on any atom is -0.481 e. The summed E-state index contributed by atoms with van der Waals surface area (Å²) in [7, 11) is 0. The molecule has 202 valence electrons. The largest absolute Gasteiger partial charge is 0.481 e. The predicted molar refractivity (Wildman–Crippen MR) is 144 cm³/mol. The minimum atomic E-state index is -0.950. The maximum atomic E-state index is 13.9. The van der Waals surface area contributed by atoms with Gasteiger partial charge in [0.05, 0.1) is 23.7 Å². The third-order valence-corrected chi connectivity index (χ3v) is 8.02. The highest BCUT2D eigenvalue weighted by molar-refractivity contribution is 5.99. The fourth-order valence-corrected chi connectivity index (χ4v) is 5.99. The molecule has 2 N–H and O–H groups in total. The standard InChI is InChI=1S/C30H36N2O6/c33-27(23-15-7-9-17-25(23)29(35)36)31(21-11-3-1-4-12-21)19-20-32(22-13-5-2-6-14-22)28(34)24-16-8-10-18-26(24)30(37)38/h1-6,11-14,23-26H,7-10,15-20H2,(H,35,36)(H,37,38)/t23?,24?,25-,26+. The number of carbonyl (C=O) groups is 4. The Morgan fingerprint density at radius 1 is 0.553 bits per heavy atom. The van der Waals surface area contributed by atoms with Gasteiger partial charge in [-0.05, 0) is 49.9 Å². The molecule has 38 heavy (non-hydrogen) atoms. The summed E-state index contributed by atoms with van der Waals surface area (Å²) >= 11 is 0. The quantitative estimate of drug-likeness (QED) is 0.489. The van der Waals surface area contributed by atoms with Crippen molar-refractivity contribution in [3.05, 3.63) is 60.7 Å². The van der Waals surface area contributed by atoms with Gasteiger partial charge in [0.1, 0.15) is 0 Å². The molecule has 2 aromatic rings. The van der Waals surface area contributed by atoms with Gasteiger partial charge < -0.3 is 20.0 Å². The van der Waals surface area contributed by atoms with Gasteiger partial charge in [0.15, 0.2) is 0 Å². The molecule has 0 saturated heterocycles. The Kier molecular flexibility index (Phi) is 9.15. The van der Waals surface area contributed by atoms with Crippen molar-refractivity contribution in [1.82, 2.24) is 0 Å². The summed E-state index contributed by atoms with van der Waals surface area (Å²) in [5.74, 6) is -5.10. The number of anilines is 2. The van der Waals surface area contributed by atoms with Crippen molar-refractivity contribution >= 4 is 35.1 Å². The second-order valence-corrected chi connectivity index (χ2v) is 10.3. The summed E-state index contributed by atoms with van der Waals surface area (Å²) in [6, 6.07) is 18.2. The molecular weight excluding hydrogens is 484 g/mol. The van der Waals surface area contributed by atoms with E-state index in [1.807, 2.05) is 60.7 Å². The topological polar surface area (TPSA) is 115 Å². The normalized spacial score (nSPS) is 23.3. The Morgan fingerprint density at radius 2 is 0.868 bits per heavy atom. The Labute approximate surface area is 223 Å². The summed E-state index contributed by atoms with van der Waals surface area (Å²) in [4.78, 5) is 54.8. The van der Waals surface area contributed by atoms with Crippen molar-refractivity contribution < 1.29 is 29.4 Å². The lowest BCUT2D eigenvalue weighted by Gasteiger charge is -2.36. The number of carboxylic acids is 2. The zero-order valence-electron chi connectivity index (χ0n) is 21.6. The highest BCUT2D eigenvalue weighted by Gasteiger charge is 2.40. The summed E-state index contributed by atoms with van der Waals surface area (Å²) in [5.41, 5.74) is 1.29. The molecule has 0 aromatic heterocycles. The molecule has 0 heterocycles. The van der Waals surface area contributed by atoms with Gasteiger partial charge in [0.25, 0.3) is 0 Å². The van der Waals surface area contributed by atoms with Crippen LogP contribution < -0.4 is 9.80 Å². The van der Waals surface area contributed by atoms with Crippen LogP contribution in [-0.2, 0) is 19.2 Å². The molecule has 8 heteroatoms. The number of aliphatic carboxylic acids is 2. The van der Waals surface area contributed by atoms with E-state index in [0.717, 1.165) is 25.7 Å². The monoisotopic (exact) mass is 520 g/mol. The van der Waals surface area contributed by atoms with Gasteiger partial charge in [-0.15, -0.1) is 0 Å². The number of hydrogen-bond donors (Lipinski definition) is 2. The predicted octanol–water partition coefficient (Wildman–Crippen LogP) is 4.83. The summed E-state index contributed by atoms with van der Waals surface area (Å²) in [5, 5.41) is 19.6. The number of benzene rings is 2. The van der Waals surface area contributed by atoms with E-state index in [4.69, 9.17) is 0 Å². The fraction of sp³-hybridized carbons (Fsp3) is 0.467. The Balaban J connectivity index is 1.62. The SMILES string of the molecule is O=C(O)[C@H]1CCCCC1C(=O)N(CCN(C(=O)C1CCCC[C@H]1C(=O)O)c1ccccc1)c1ccccc1. The second kappa shape index (κ2) is 12.7. The molecule has 2 aliphatic rings. The fourth-order valence-electron chi connectivity index (χ4n) is 5.99. The van der Waals surface area contributed by atoms with Crippen molar-refractivity contribution in [3.8, 4) is 0 Å². The van der Waals surface area contributed by atoms with E-state index in [0.29, 0.717) is 37.1 Å². The lowest BCUT2D eigenvalue weighted by atomic mass is 9.78. The van der Waals surface area contributed by atoms with Crippen LogP contribution in [0.3, 0.4) is 0 Å². The van der Waals surface area contributed by atoms with Crippen LogP contribution >= 0.6 is 0 Å². The van der Waals surface area contributed by atoms with Crippen LogP contribution in [-0.4, -0.2) is 47.1 Å². The first-order chi connectivity index (χ1) is 18.4. The molecule has 0 bridgehead atoms. The highest BCUT2D eigenvalue weighted by Crippen LogP contribution is 2.35. The van der Waals surface area contributed by atoms with E-state index in [1.165, 1.54) is 0 Å². The zero-order valence-corrected chi connectivity index (χ0v) is 21.6. The smallest absolute Gasteiger partial charge is 0.307 e. The molecule has 0 spiro atoms. The van der Waals surface area contributed by atoms with E-state index >= 15 is 0 Å². The average molecular weight is 521 g/mol. The molecule has 2 fully saturated rings. The van der Waals surface area contributed by atoms with Gasteiger partial charge in [-0.2, -0.15) is 0 Å². The first-order valence-corrected chi connectivity index (χ1v) is 13.6. The molecular formula is C30H36N2O6. The number of carbonyl (C=O) groups excluding carboxylic acids is 2. The van der Waals surface area contributed by atoms with Gasteiger partial charge in [0, 0.05) is 24.5 Å². The molecule has 2 unspecified atom stereocenters. The summed E-state index contributed by atoms with van der Waals surface area (Å²) in [6.07, 6.45) is 5.16. The van der Waals surface area contributed by atoms with Gasteiger partial charge >= 0.3 is 11.9 Å². The van der Waals surface area contributed by atoms with Crippen molar-refractivity contribution in [3.63, 3.8) is 0 Å². The van der Waals surface area contributed by atoms with E-state index in [1.54, 1.807) is 9.80 Å². The maximum Gasteiger partial charge on any atom is 0.307 e. The van der Waals surface area contributed by atoms with Crippen LogP contribution in [0.25, 0.3) is 0 Å². The summed E-state index contributed by atoms with van der Waals surface area (Å²) < 4.78 is 0. The average Bonchev–Trinajstić information content (AvgIpc) is 2.95. The van der Waals surface area contributed by atoms with Gasteiger partial charge in [-0.1, -0.05) is 62.1 Å². The van der Waals surface area contributed by atoms with Crippen molar-refractivity contribution in [2.75, 3.05) is 22.9 Å². The lowest BCUT2D eigenvalue weighted by Crippen LogP contribution is -2.48. The third kappa shape index (κ3) is 6.23. The highest BCUT2D eigenvalue weighted by atomic mass is 16.4. The second-order valence-electron chi connectivity index (χ2n) is 10.3. The van der Waals surface area contributed by atoms with E-state index in [2.05, 4.69) is 0 Å². The number of hydrogen-bond acceptors (Lipinski definition) is 4. The van der Waals surface area contributed by atoms with Crippen LogP contribution in [0.2, 0.25) is 0 Å². The summed E-state index contributed by atoms with van der Waals surface area (Å²) in [6.45, 7) is 0.327. The molecule has 4 rings (SSSR count). The Bertz CT molecular complexity index is 1030. The van der Waals surface area contributed by atoms with E-state index in [9.17, 15) is 29.4 Å². The van der Waals surface area contributed by atoms with Gasteiger partial charge in [-0.3, -0.25) is 19.2 Å². The van der Waals surface area contributed by atoms with Crippen LogP contribution in [0.5, 0.6) is 0 Å². The molecule has 8 nitrogen and oxygen atoms in total. The van der Waals surface area contributed by atoms with Crippen molar-refractivity contribution in [2.45, 2.75) is 51.4 Å². The van der Waals surface area contributed by atoms with Gasteiger partial charge in [-0.25, -0.2) is 0 Å². The van der Waals surface area contributed by atoms with E-state index in [-0.39, 0.29) is 24.9 Å². The zero-order chi connectivity index (χ0) is 27.1. The first-order valence-electron chi connectivity index (χ1n) is 13.6. The third-order valence-electron chi connectivity index (χ3n) is 8.02. The molecule has 0 aliphatic heterocycles. The van der Waals surface area contributed by atoms with Crippen LogP contribution in [0.15, 0.2) is 60.7 Å². The molecule has 2 aliphatic carbocycles.